The number of aliphatic imine (C=N–C) groups is 1. The number of nitrogens with one attached hydrogen (secondary N) is 1. The van der Waals surface area contributed by atoms with Crippen LogP contribution in [0, 0.1) is 0 Å². The van der Waals surface area contributed by atoms with E-state index in [9.17, 15) is 0 Å². The molecule has 0 aliphatic heterocycles. The summed E-state index contributed by atoms with van der Waals surface area (Å²) in [4.78, 5) is 4.52. The Balaban J connectivity index is 0.00000192. The standard InChI is InChI=1S/C18H21N3O.HI/c1-22-16-9-7-15(8-10-16)21-17(19)20-13-18(11-12-18)14-5-3-2-4-6-14;/h2-10H,11-13H2,1H3,(H3,19,20,21);1H. The predicted molar refractivity (Wildman–Crippen MR) is 106 cm³/mol. The summed E-state index contributed by atoms with van der Waals surface area (Å²) in [6, 6.07) is 18.2. The molecule has 0 bridgehead atoms. The molecule has 4 nitrogen and oxygen atoms in total. The lowest BCUT2D eigenvalue weighted by Gasteiger charge is -2.13. The van der Waals surface area contributed by atoms with Gasteiger partial charge < -0.3 is 15.8 Å². The molecule has 1 saturated carbocycles. The van der Waals surface area contributed by atoms with Gasteiger partial charge in [-0.2, -0.15) is 0 Å². The van der Waals surface area contributed by atoms with E-state index in [0.29, 0.717) is 5.96 Å². The van der Waals surface area contributed by atoms with Gasteiger partial charge in [0.15, 0.2) is 5.96 Å². The number of ether oxygens (including phenoxy) is 1. The van der Waals surface area contributed by atoms with E-state index in [-0.39, 0.29) is 29.4 Å². The first-order chi connectivity index (χ1) is 10.7. The van der Waals surface area contributed by atoms with E-state index < -0.39 is 0 Å². The minimum Gasteiger partial charge on any atom is -0.497 e. The number of hydrogen-bond acceptors (Lipinski definition) is 2. The predicted octanol–water partition coefficient (Wildman–Crippen LogP) is 3.77. The second kappa shape index (κ2) is 7.68. The van der Waals surface area contributed by atoms with Gasteiger partial charge in [-0.05, 0) is 42.7 Å². The van der Waals surface area contributed by atoms with Gasteiger partial charge in [0.05, 0.1) is 13.7 Å². The molecule has 2 aromatic carbocycles. The number of nitrogens with two attached hydrogens (primary N) is 1. The van der Waals surface area contributed by atoms with Gasteiger partial charge in [0.25, 0.3) is 0 Å². The van der Waals surface area contributed by atoms with E-state index >= 15 is 0 Å². The average molecular weight is 423 g/mol. The second-order valence-electron chi connectivity index (χ2n) is 5.70. The van der Waals surface area contributed by atoms with Crippen molar-refractivity contribution in [1.82, 2.24) is 0 Å². The van der Waals surface area contributed by atoms with Crippen molar-refractivity contribution in [3.05, 3.63) is 60.2 Å². The molecule has 1 aliphatic rings. The fourth-order valence-corrected chi connectivity index (χ4v) is 2.58. The first-order valence-electron chi connectivity index (χ1n) is 7.48. The van der Waals surface area contributed by atoms with Crippen LogP contribution in [0.25, 0.3) is 0 Å². The SMILES string of the molecule is COc1ccc(NC(N)=NCC2(c3ccccc3)CC2)cc1.I. The monoisotopic (exact) mass is 423 g/mol. The average Bonchev–Trinajstić information content (AvgIpc) is 3.36. The lowest BCUT2D eigenvalue weighted by atomic mass is 9.96. The number of hydrogen-bond donors (Lipinski definition) is 2. The van der Waals surface area contributed by atoms with Crippen molar-refractivity contribution in [3.63, 3.8) is 0 Å². The van der Waals surface area contributed by atoms with Crippen molar-refractivity contribution in [2.24, 2.45) is 10.7 Å². The normalized spacial score (nSPS) is 15.4. The maximum atomic E-state index is 6.00. The molecule has 0 aromatic heterocycles. The van der Waals surface area contributed by atoms with E-state index in [1.54, 1.807) is 7.11 Å². The van der Waals surface area contributed by atoms with E-state index in [1.165, 1.54) is 18.4 Å². The molecule has 122 valence electrons. The molecule has 0 heterocycles. The van der Waals surface area contributed by atoms with Crippen LogP contribution >= 0.6 is 24.0 Å². The van der Waals surface area contributed by atoms with Gasteiger partial charge in [-0.25, -0.2) is 0 Å². The van der Waals surface area contributed by atoms with Crippen molar-refractivity contribution in [2.45, 2.75) is 18.3 Å². The Bertz CT molecular complexity index is 652. The Hall–Kier alpha value is -1.76. The zero-order valence-electron chi connectivity index (χ0n) is 13.2. The highest BCUT2D eigenvalue weighted by Gasteiger charge is 2.43. The highest BCUT2D eigenvalue weighted by molar-refractivity contribution is 14.0. The molecule has 0 amide bonds. The van der Waals surface area contributed by atoms with Crippen molar-refractivity contribution in [1.29, 1.82) is 0 Å². The van der Waals surface area contributed by atoms with Crippen molar-refractivity contribution < 1.29 is 4.74 Å². The number of methoxy groups -OCH3 is 1. The van der Waals surface area contributed by atoms with Gasteiger partial charge >= 0.3 is 0 Å². The maximum absolute atomic E-state index is 6.00. The van der Waals surface area contributed by atoms with Crippen LogP contribution in [0.15, 0.2) is 59.6 Å². The zero-order chi connectivity index (χ0) is 15.4. The minimum atomic E-state index is 0. The Kier molecular flexibility index (Phi) is 5.87. The summed E-state index contributed by atoms with van der Waals surface area (Å²) in [5.74, 6) is 1.27. The van der Waals surface area contributed by atoms with Crippen LogP contribution in [-0.4, -0.2) is 19.6 Å². The van der Waals surface area contributed by atoms with Crippen LogP contribution in [0.4, 0.5) is 5.69 Å². The largest absolute Gasteiger partial charge is 0.497 e. The summed E-state index contributed by atoms with van der Waals surface area (Å²) in [6.45, 7) is 0.728. The molecule has 3 rings (SSSR count). The van der Waals surface area contributed by atoms with E-state index in [4.69, 9.17) is 10.5 Å². The van der Waals surface area contributed by atoms with Gasteiger partial charge in [0.1, 0.15) is 5.75 Å². The summed E-state index contributed by atoms with van der Waals surface area (Å²) >= 11 is 0. The Morgan fingerprint density at radius 3 is 2.35 bits per heavy atom. The van der Waals surface area contributed by atoms with Crippen LogP contribution in [-0.2, 0) is 5.41 Å². The van der Waals surface area contributed by atoms with Gasteiger partial charge in [0.2, 0.25) is 0 Å². The van der Waals surface area contributed by atoms with Crippen molar-refractivity contribution >= 4 is 35.6 Å². The third-order valence-electron chi connectivity index (χ3n) is 4.15. The summed E-state index contributed by atoms with van der Waals surface area (Å²) in [6.07, 6.45) is 2.35. The number of guanidine groups is 1. The van der Waals surface area contributed by atoms with Gasteiger partial charge in [-0.3, -0.25) is 4.99 Å². The Morgan fingerprint density at radius 2 is 1.78 bits per heavy atom. The third-order valence-corrected chi connectivity index (χ3v) is 4.15. The number of benzene rings is 2. The number of anilines is 1. The molecule has 0 saturated heterocycles. The molecule has 2 aromatic rings. The number of halogens is 1. The Morgan fingerprint density at radius 1 is 1.13 bits per heavy atom. The van der Waals surface area contributed by atoms with Gasteiger partial charge in [0, 0.05) is 11.1 Å². The summed E-state index contributed by atoms with van der Waals surface area (Å²) < 4.78 is 5.13. The molecular weight excluding hydrogens is 401 g/mol. The van der Waals surface area contributed by atoms with Crippen LogP contribution < -0.4 is 15.8 Å². The van der Waals surface area contributed by atoms with E-state index in [2.05, 4.69) is 34.6 Å². The van der Waals surface area contributed by atoms with Crippen molar-refractivity contribution in [2.75, 3.05) is 19.0 Å². The fraction of sp³-hybridized carbons (Fsp3) is 0.278. The molecular formula is C18H22IN3O. The first-order valence-corrected chi connectivity index (χ1v) is 7.48. The molecule has 0 spiro atoms. The van der Waals surface area contributed by atoms with Crippen LogP contribution in [0.2, 0.25) is 0 Å². The quantitative estimate of drug-likeness (QED) is 0.437. The fourth-order valence-electron chi connectivity index (χ4n) is 2.58. The highest BCUT2D eigenvalue weighted by Crippen LogP contribution is 2.48. The van der Waals surface area contributed by atoms with Crippen LogP contribution in [0.1, 0.15) is 18.4 Å². The molecule has 0 unspecified atom stereocenters. The topological polar surface area (TPSA) is 59.6 Å². The minimum absolute atomic E-state index is 0. The molecule has 1 fully saturated rings. The first kappa shape index (κ1) is 17.6. The molecule has 23 heavy (non-hydrogen) atoms. The Labute approximate surface area is 154 Å². The molecule has 0 radical (unpaired) electrons. The molecule has 1 aliphatic carbocycles. The highest BCUT2D eigenvalue weighted by atomic mass is 127. The summed E-state index contributed by atoms with van der Waals surface area (Å²) in [5.41, 5.74) is 8.45. The van der Waals surface area contributed by atoms with Gasteiger partial charge in [-0.15, -0.1) is 24.0 Å². The van der Waals surface area contributed by atoms with Crippen LogP contribution in [0.5, 0.6) is 5.75 Å². The number of rotatable bonds is 5. The van der Waals surface area contributed by atoms with E-state index in [1.807, 2.05) is 30.3 Å². The summed E-state index contributed by atoms with van der Waals surface area (Å²) in [5, 5.41) is 3.12. The lowest BCUT2D eigenvalue weighted by Crippen LogP contribution is -2.24. The molecule has 5 heteroatoms. The maximum Gasteiger partial charge on any atom is 0.193 e. The lowest BCUT2D eigenvalue weighted by molar-refractivity contribution is 0.415. The molecule has 0 atom stereocenters. The van der Waals surface area contributed by atoms with Gasteiger partial charge in [-0.1, -0.05) is 30.3 Å². The number of nitrogens with zero attached hydrogens (tertiary/aromatic N) is 1. The second-order valence-corrected chi connectivity index (χ2v) is 5.70. The third kappa shape index (κ3) is 4.37. The van der Waals surface area contributed by atoms with E-state index in [0.717, 1.165) is 18.0 Å². The summed E-state index contributed by atoms with van der Waals surface area (Å²) in [7, 11) is 1.65. The smallest absolute Gasteiger partial charge is 0.193 e. The molecule has 3 N–H and O–H groups in total. The van der Waals surface area contributed by atoms with Crippen molar-refractivity contribution in [3.8, 4) is 5.75 Å². The zero-order valence-corrected chi connectivity index (χ0v) is 15.5. The van der Waals surface area contributed by atoms with Crippen LogP contribution in [0.3, 0.4) is 0 Å².